The number of rotatable bonds is 5. The second kappa shape index (κ2) is 8.05. The Kier molecular flexibility index (Phi) is 5.70. The fourth-order valence-corrected chi connectivity index (χ4v) is 4.24. The van der Waals surface area contributed by atoms with Gasteiger partial charge in [0.25, 0.3) is 15.9 Å². The molecule has 5 nitrogen and oxygen atoms in total. The maximum atomic E-state index is 14.0. The Hall–Kier alpha value is -3.19. The molecule has 0 heterocycles. The summed E-state index contributed by atoms with van der Waals surface area (Å²) in [5.74, 6) is -1.07. The SMILES string of the molecule is Cc1cccc(C)c1NC(=O)c1cccc(S(=O)(=O)N(C)c2ccccc2F)c1. The van der Waals surface area contributed by atoms with Crippen LogP contribution in [0.1, 0.15) is 21.5 Å². The van der Waals surface area contributed by atoms with Gasteiger partial charge in [0.2, 0.25) is 0 Å². The first-order valence-corrected chi connectivity index (χ1v) is 10.4. The molecule has 0 aliphatic rings. The van der Waals surface area contributed by atoms with Crippen LogP contribution in [-0.2, 0) is 10.0 Å². The van der Waals surface area contributed by atoms with Crippen LogP contribution in [0.15, 0.2) is 71.6 Å². The number of benzene rings is 3. The van der Waals surface area contributed by atoms with E-state index in [0.29, 0.717) is 5.69 Å². The van der Waals surface area contributed by atoms with Gasteiger partial charge in [-0.15, -0.1) is 0 Å². The number of para-hydroxylation sites is 2. The Bertz CT molecular complexity index is 1160. The van der Waals surface area contributed by atoms with Crippen LogP contribution >= 0.6 is 0 Å². The number of amides is 1. The minimum atomic E-state index is -4.05. The lowest BCUT2D eigenvalue weighted by atomic mass is 10.1. The Morgan fingerprint density at radius 2 is 1.55 bits per heavy atom. The standard InChI is InChI=1S/C22H21FN2O3S/c1-15-8-6-9-16(2)21(15)24-22(26)17-10-7-11-18(14-17)29(27,28)25(3)20-13-5-4-12-19(20)23/h4-14H,1-3H3,(H,24,26). The first-order valence-electron chi connectivity index (χ1n) is 8.93. The fraction of sp³-hybridized carbons (Fsp3) is 0.136. The smallest absolute Gasteiger partial charge is 0.264 e. The molecule has 1 N–H and O–H groups in total. The molecule has 0 spiro atoms. The van der Waals surface area contributed by atoms with E-state index in [9.17, 15) is 17.6 Å². The van der Waals surface area contributed by atoms with E-state index >= 15 is 0 Å². The number of hydrogen-bond donors (Lipinski definition) is 1. The van der Waals surface area contributed by atoms with E-state index in [4.69, 9.17) is 0 Å². The molecule has 3 aromatic rings. The second-order valence-electron chi connectivity index (χ2n) is 6.67. The average Bonchev–Trinajstić information content (AvgIpc) is 2.70. The van der Waals surface area contributed by atoms with Crippen molar-refractivity contribution in [2.24, 2.45) is 0 Å². The van der Waals surface area contributed by atoms with E-state index in [2.05, 4.69) is 5.32 Å². The lowest BCUT2D eigenvalue weighted by molar-refractivity contribution is 0.102. The van der Waals surface area contributed by atoms with Crippen LogP contribution in [-0.4, -0.2) is 21.4 Å². The van der Waals surface area contributed by atoms with E-state index in [-0.39, 0.29) is 16.1 Å². The molecule has 0 aliphatic heterocycles. The van der Waals surface area contributed by atoms with Crippen LogP contribution in [0.3, 0.4) is 0 Å². The molecule has 3 aromatic carbocycles. The third kappa shape index (κ3) is 4.14. The zero-order valence-electron chi connectivity index (χ0n) is 16.3. The fourth-order valence-electron chi connectivity index (χ4n) is 2.99. The molecular formula is C22H21FN2O3S. The lowest BCUT2D eigenvalue weighted by Gasteiger charge is -2.20. The normalized spacial score (nSPS) is 11.2. The number of nitrogens with zero attached hydrogens (tertiary/aromatic N) is 1. The van der Waals surface area contributed by atoms with Gasteiger partial charge in [-0.05, 0) is 55.3 Å². The molecule has 0 aromatic heterocycles. The highest BCUT2D eigenvalue weighted by Gasteiger charge is 2.24. The summed E-state index contributed by atoms with van der Waals surface area (Å²) < 4.78 is 40.8. The molecule has 0 atom stereocenters. The zero-order chi connectivity index (χ0) is 21.2. The van der Waals surface area contributed by atoms with Gasteiger partial charge in [0, 0.05) is 18.3 Å². The summed E-state index contributed by atoms with van der Waals surface area (Å²) in [5, 5.41) is 2.84. The van der Waals surface area contributed by atoms with Crippen LogP contribution in [0.5, 0.6) is 0 Å². The maximum absolute atomic E-state index is 14.0. The largest absolute Gasteiger partial charge is 0.322 e. The third-order valence-electron chi connectivity index (χ3n) is 4.67. The molecular weight excluding hydrogens is 391 g/mol. The molecule has 29 heavy (non-hydrogen) atoms. The van der Waals surface area contributed by atoms with Gasteiger partial charge in [-0.1, -0.05) is 36.4 Å². The number of halogens is 1. The van der Waals surface area contributed by atoms with Crippen molar-refractivity contribution in [2.75, 3.05) is 16.7 Å². The van der Waals surface area contributed by atoms with Crippen LogP contribution in [0.4, 0.5) is 15.8 Å². The molecule has 0 bridgehead atoms. The highest BCUT2D eigenvalue weighted by molar-refractivity contribution is 7.92. The Morgan fingerprint density at radius 3 is 2.21 bits per heavy atom. The Labute approximate surface area is 169 Å². The van der Waals surface area contributed by atoms with Crippen molar-refractivity contribution in [1.82, 2.24) is 0 Å². The number of hydrogen-bond acceptors (Lipinski definition) is 3. The van der Waals surface area contributed by atoms with E-state index in [1.165, 1.54) is 49.5 Å². The topological polar surface area (TPSA) is 66.5 Å². The van der Waals surface area contributed by atoms with Gasteiger partial charge in [-0.25, -0.2) is 12.8 Å². The molecule has 150 valence electrons. The predicted molar refractivity (Wildman–Crippen MR) is 112 cm³/mol. The van der Waals surface area contributed by atoms with E-state index < -0.39 is 21.7 Å². The molecule has 0 fully saturated rings. The van der Waals surface area contributed by atoms with Gasteiger partial charge >= 0.3 is 0 Å². The average molecular weight is 412 g/mol. The van der Waals surface area contributed by atoms with Gasteiger partial charge in [-0.2, -0.15) is 0 Å². The third-order valence-corrected chi connectivity index (χ3v) is 6.43. The minimum absolute atomic E-state index is 0.0714. The summed E-state index contributed by atoms with van der Waals surface area (Å²) in [6.07, 6.45) is 0. The van der Waals surface area contributed by atoms with Crippen molar-refractivity contribution >= 4 is 27.3 Å². The van der Waals surface area contributed by atoms with Gasteiger partial charge in [-0.3, -0.25) is 9.10 Å². The Morgan fingerprint density at radius 1 is 0.931 bits per heavy atom. The summed E-state index contributed by atoms with van der Waals surface area (Å²) >= 11 is 0. The summed E-state index contributed by atoms with van der Waals surface area (Å²) in [6, 6.07) is 17.0. The summed E-state index contributed by atoms with van der Waals surface area (Å²) in [4.78, 5) is 12.6. The van der Waals surface area contributed by atoms with Gasteiger partial charge < -0.3 is 5.32 Å². The van der Waals surface area contributed by atoms with Crippen molar-refractivity contribution in [3.05, 3.63) is 89.2 Å². The zero-order valence-corrected chi connectivity index (χ0v) is 17.1. The highest BCUT2D eigenvalue weighted by Crippen LogP contribution is 2.26. The molecule has 0 radical (unpaired) electrons. The van der Waals surface area contributed by atoms with Crippen molar-refractivity contribution in [3.63, 3.8) is 0 Å². The van der Waals surface area contributed by atoms with Gasteiger partial charge in [0.05, 0.1) is 10.6 Å². The molecule has 7 heteroatoms. The number of aryl methyl sites for hydroxylation is 2. The second-order valence-corrected chi connectivity index (χ2v) is 8.64. The number of carbonyl (C=O) groups excluding carboxylic acids is 1. The van der Waals surface area contributed by atoms with Crippen LogP contribution < -0.4 is 9.62 Å². The first kappa shape index (κ1) is 20.5. The monoisotopic (exact) mass is 412 g/mol. The summed E-state index contributed by atoms with van der Waals surface area (Å²) in [6.45, 7) is 3.76. The molecule has 0 saturated heterocycles. The summed E-state index contributed by atoms with van der Waals surface area (Å²) in [5.41, 5.74) is 2.62. The molecule has 0 unspecified atom stereocenters. The van der Waals surface area contributed by atoms with Crippen LogP contribution in [0.25, 0.3) is 0 Å². The van der Waals surface area contributed by atoms with E-state index in [1.54, 1.807) is 6.07 Å². The first-order chi connectivity index (χ1) is 13.7. The molecule has 3 rings (SSSR count). The maximum Gasteiger partial charge on any atom is 0.264 e. The molecule has 1 amide bonds. The molecule has 0 saturated carbocycles. The Balaban J connectivity index is 1.93. The molecule has 0 aliphatic carbocycles. The van der Waals surface area contributed by atoms with Crippen molar-refractivity contribution < 1.29 is 17.6 Å². The number of anilines is 2. The van der Waals surface area contributed by atoms with Crippen LogP contribution in [0, 0.1) is 19.7 Å². The van der Waals surface area contributed by atoms with Crippen LogP contribution in [0.2, 0.25) is 0 Å². The van der Waals surface area contributed by atoms with E-state index in [0.717, 1.165) is 15.4 Å². The van der Waals surface area contributed by atoms with Crippen molar-refractivity contribution in [2.45, 2.75) is 18.7 Å². The summed E-state index contributed by atoms with van der Waals surface area (Å²) in [7, 11) is -2.77. The number of nitrogens with one attached hydrogen (secondary N) is 1. The van der Waals surface area contributed by atoms with Gasteiger partial charge in [0.1, 0.15) is 5.82 Å². The highest BCUT2D eigenvalue weighted by atomic mass is 32.2. The number of sulfonamides is 1. The lowest BCUT2D eigenvalue weighted by Crippen LogP contribution is -2.27. The minimum Gasteiger partial charge on any atom is -0.322 e. The van der Waals surface area contributed by atoms with Crippen molar-refractivity contribution in [1.29, 1.82) is 0 Å². The quantitative estimate of drug-likeness (QED) is 0.670. The van der Waals surface area contributed by atoms with Gasteiger partial charge in [0.15, 0.2) is 0 Å². The van der Waals surface area contributed by atoms with Crippen molar-refractivity contribution in [3.8, 4) is 0 Å². The number of carbonyl (C=O) groups is 1. The van der Waals surface area contributed by atoms with E-state index in [1.807, 2.05) is 32.0 Å². The predicted octanol–water partition coefficient (Wildman–Crippen LogP) is 4.52.